The second-order valence-electron chi connectivity index (χ2n) is 9.83. The van der Waals surface area contributed by atoms with Crippen LogP contribution in [0.15, 0.2) is 35.1 Å². The van der Waals surface area contributed by atoms with Crippen molar-refractivity contribution in [3.8, 4) is 5.75 Å². The number of methoxy groups -OCH3 is 1. The molecule has 1 N–H and O–H groups in total. The molecule has 1 unspecified atom stereocenters. The zero-order valence-electron chi connectivity index (χ0n) is 22.0. The lowest BCUT2D eigenvalue weighted by molar-refractivity contribution is -0.0202. The number of hydrogen-bond acceptors (Lipinski definition) is 9. The van der Waals surface area contributed by atoms with Crippen molar-refractivity contribution in [2.75, 3.05) is 26.7 Å². The van der Waals surface area contributed by atoms with Gasteiger partial charge in [-0.1, -0.05) is 18.2 Å². The number of hydrogen-bond donors (Lipinski definition) is 1. The number of carbonyl (C=O) groups is 4. The van der Waals surface area contributed by atoms with Crippen LogP contribution in [-0.4, -0.2) is 80.9 Å². The number of amides is 2. The van der Waals surface area contributed by atoms with E-state index in [2.05, 4.69) is 4.98 Å². The van der Waals surface area contributed by atoms with E-state index in [4.69, 9.17) is 14.2 Å². The van der Waals surface area contributed by atoms with Gasteiger partial charge in [-0.05, 0) is 39.8 Å². The quantitative estimate of drug-likeness (QED) is 0.581. The Bertz CT molecular complexity index is 1320. The number of ether oxygens (including phenoxy) is 3. The van der Waals surface area contributed by atoms with Gasteiger partial charge in [-0.2, -0.15) is 0 Å². The molecule has 0 saturated carbocycles. The molecule has 38 heavy (non-hydrogen) atoms. The summed E-state index contributed by atoms with van der Waals surface area (Å²) in [6.45, 7) is 6.22. The highest BCUT2D eigenvalue weighted by atomic mass is 16.6. The Balaban J connectivity index is 2.14. The van der Waals surface area contributed by atoms with Gasteiger partial charge in [0.05, 0.1) is 19.2 Å². The third kappa shape index (κ3) is 5.61. The molecule has 1 saturated heterocycles. The molecule has 1 aliphatic heterocycles. The summed E-state index contributed by atoms with van der Waals surface area (Å²) in [5.74, 6) is -2.83. The Kier molecular flexibility index (Phi) is 7.79. The lowest BCUT2D eigenvalue weighted by Crippen LogP contribution is -2.63. The smallest absolute Gasteiger partial charge is 0.410 e. The van der Waals surface area contributed by atoms with Crippen LogP contribution in [0.4, 0.5) is 9.59 Å². The predicted molar refractivity (Wildman–Crippen MR) is 132 cm³/mol. The van der Waals surface area contributed by atoms with E-state index in [0.717, 1.165) is 16.6 Å². The van der Waals surface area contributed by atoms with Crippen molar-refractivity contribution in [3.63, 3.8) is 0 Å². The number of benzene rings is 1. The molecule has 0 bridgehead atoms. The molecule has 1 aliphatic rings. The molecular weight excluding hydrogens is 500 g/mol. The van der Waals surface area contributed by atoms with Crippen molar-refractivity contribution >= 4 is 24.1 Å². The van der Waals surface area contributed by atoms with Crippen molar-refractivity contribution in [2.45, 2.75) is 38.8 Å². The van der Waals surface area contributed by atoms with E-state index in [-0.39, 0.29) is 31.0 Å². The number of rotatable bonds is 4. The van der Waals surface area contributed by atoms with E-state index in [9.17, 15) is 29.1 Å². The van der Waals surface area contributed by atoms with Crippen LogP contribution in [0.2, 0.25) is 0 Å². The fraction of sp³-hybridized carbons (Fsp3) is 0.440. The van der Waals surface area contributed by atoms with Gasteiger partial charge in [0.15, 0.2) is 5.69 Å². The standard InChI is InChI=1S/C25H30N4O9/c1-24(2,3)38-23(35)28-12-13-29(22(33)34)25(4,14-28)21-26-16(20(32)36-6)17(18(30)27(21)5)37-19(31)15-10-8-7-9-11-15/h7-11H,12-14H2,1-6H3,(H,33,34). The summed E-state index contributed by atoms with van der Waals surface area (Å²) in [6.07, 6.45) is -2.01. The highest BCUT2D eigenvalue weighted by molar-refractivity contribution is 5.94. The SMILES string of the molecule is COC(=O)c1nc(C2(C)CN(C(=O)OC(C)(C)C)CCN2C(=O)O)n(C)c(=O)c1OC(=O)c1ccccc1. The fourth-order valence-corrected chi connectivity index (χ4v) is 4.10. The Morgan fingerprint density at radius 3 is 2.24 bits per heavy atom. The zero-order valence-corrected chi connectivity index (χ0v) is 22.0. The first-order valence-corrected chi connectivity index (χ1v) is 11.6. The van der Waals surface area contributed by atoms with Crippen LogP contribution in [0.3, 0.4) is 0 Å². The molecule has 13 heteroatoms. The second kappa shape index (κ2) is 10.5. The summed E-state index contributed by atoms with van der Waals surface area (Å²) in [5, 5.41) is 9.95. The van der Waals surface area contributed by atoms with Gasteiger partial charge < -0.3 is 24.2 Å². The Labute approximate surface area is 218 Å². The van der Waals surface area contributed by atoms with Crippen LogP contribution in [-0.2, 0) is 22.1 Å². The van der Waals surface area contributed by atoms with Crippen LogP contribution in [0.1, 0.15) is 54.4 Å². The molecule has 3 rings (SSSR count). The second-order valence-corrected chi connectivity index (χ2v) is 9.83. The van der Waals surface area contributed by atoms with Gasteiger partial charge in [0.1, 0.15) is 17.0 Å². The molecule has 0 spiro atoms. The summed E-state index contributed by atoms with van der Waals surface area (Å²) < 4.78 is 16.5. The Morgan fingerprint density at radius 1 is 1.05 bits per heavy atom. The van der Waals surface area contributed by atoms with Gasteiger partial charge in [0.25, 0.3) is 5.56 Å². The van der Waals surface area contributed by atoms with Crippen LogP contribution in [0, 0.1) is 0 Å². The van der Waals surface area contributed by atoms with Crippen molar-refractivity contribution in [1.29, 1.82) is 0 Å². The van der Waals surface area contributed by atoms with Crippen molar-refractivity contribution < 1.29 is 38.5 Å². The fourth-order valence-electron chi connectivity index (χ4n) is 4.10. The largest absolute Gasteiger partial charge is 0.465 e. The zero-order chi connectivity index (χ0) is 28.4. The molecule has 0 radical (unpaired) electrons. The maximum Gasteiger partial charge on any atom is 0.410 e. The lowest BCUT2D eigenvalue weighted by Gasteiger charge is -2.47. The Morgan fingerprint density at radius 2 is 1.68 bits per heavy atom. The number of aromatic nitrogens is 2. The molecule has 2 heterocycles. The van der Waals surface area contributed by atoms with Crippen LogP contribution in [0.5, 0.6) is 5.75 Å². The maximum absolute atomic E-state index is 13.4. The molecule has 2 amide bonds. The highest BCUT2D eigenvalue weighted by Gasteiger charge is 2.47. The lowest BCUT2D eigenvalue weighted by atomic mass is 9.94. The molecule has 13 nitrogen and oxygen atoms in total. The number of carboxylic acid groups (broad SMARTS) is 1. The first kappa shape index (κ1) is 28.2. The maximum atomic E-state index is 13.4. The molecule has 1 aromatic carbocycles. The highest BCUT2D eigenvalue weighted by Crippen LogP contribution is 2.33. The van der Waals surface area contributed by atoms with Gasteiger partial charge in [-0.3, -0.25) is 14.3 Å². The van der Waals surface area contributed by atoms with Gasteiger partial charge in [-0.25, -0.2) is 24.2 Å². The Hall–Kier alpha value is -4.42. The average Bonchev–Trinajstić information content (AvgIpc) is 2.85. The monoisotopic (exact) mass is 530 g/mol. The summed E-state index contributed by atoms with van der Waals surface area (Å²) in [7, 11) is 2.35. The summed E-state index contributed by atoms with van der Waals surface area (Å²) in [6, 6.07) is 7.80. The minimum Gasteiger partial charge on any atom is -0.465 e. The average molecular weight is 531 g/mol. The molecule has 2 aromatic rings. The number of piperazine rings is 1. The predicted octanol–water partition coefficient (Wildman–Crippen LogP) is 2.23. The molecule has 0 aliphatic carbocycles. The van der Waals surface area contributed by atoms with E-state index in [1.807, 2.05) is 0 Å². The van der Waals surface area contributed by atoms with E-state index in [1.165, 1.54) is 31.0 Å². The van der Waals surface area contributed by atoms with Crippen molar-refractivity contribution in [3.05, 3.63) is 57.8 Å². The topological polar surface area (TPSA) is 158 Å². The minimum atomic E-state index is -1.60. The normalized spacial score (nSPS) is 17.5. The van der Waals surface area contributed by atoms with E-state index >= 15 is 0 Å². The third-order valence-corrected chi connectivity index (χ3v) is 5.88. The summed E-state index contributed by atoms with van der Waals surface area (Å²) >= 11 is 0. The number of carbonyl (C=O) groups excluding carboxylic acids is 3. The minimum absolute atomic E-state index is 0.0291. The van der Waals surface area contributed by atoms with Crippen molar-refractivity contribution in [1.82, 2.24) is 19.4 Å². The van der Waals surface area contributed by atoms with Gasteiger partial charge in [-0.15, -0.1) is 0 Å². The molecule has 1 aromatic heterocycles. The summed E-state index contributed by atoms with van der Waals surface area (Å²) in [4.78, 5) is 70.4. The first-order valence-electron chi connectivity index (χ1n) is 11.6. The van der Waals surface area contributed by atoms with E-state index < -0.39 is 52.3 Å². The summed E-state index contributed by atoms with van der Waals surface area (Å²) in [5.41, 5.74) is -3.82. The van der Waals surface area contributed by atoms with E-state index in [1.54, 1.807) is 39.0 Å². The molecule has 204 valence electrons. The van der Waals surface area contributed by atoms with Crippen molar-refractivity contribution in [2.24, 2.45) is 7.05 Å². The van der Waals surface area contributed by atoms with Gasteiger partial charge in [0, 0.05) is 20.1 Å². The van der Waals surface area contributed by atoms with Crippen LogP contribution in [0.25, 0.3) is 0 Å². The van der Waals surface area contributed by atoms with Gasteiger partial charge >= 0.3 is 24.1 Å². The molecule has 1 fully saturated rings. The third-order valence-electron chi connectivity index (χ3n) is 5.88. The number of nitrogens with zero attached hydrogens (tertiary/aromatic N) is 4. The van der Waals surface area contributed by atoms with E-state index in [0.29, 0.717) is 0 Å². The van der Waals surface area contributed by atoms with Gasteiger partial charge in [0.2, 0.25) is 5.75 Å². The molecular formula is C25H30N4O9. The number of esters is 2. The van der Waals surface area contributed by atoms with Crippen LogP contribution >= 0.6 is 0 Å². The molecule has 1 atom stereocenters. The van der Waals surface area contributed by atoms with Crippen LogP contribution < -0.4 is 10.3 Å². The first-order chi connectivity index (χ1) is 17.7.